The van der Waals surface area contributed by atoms with E-state index in [0.717, 1.165) is 38.5 Å². The monoisotopic (exact) mass is 754 g/mol. The lowest BCUT2D eigenvalue weighted by Gasteiger charge is -2.59. The molecule has 8 N–H and O–H groups in total. The minimum atomic E-state index is -1.62. The molecular formula is C39H62O14. The van der Waals surface area contributed by atoms with Crippen LogP contribution in [0.5, 0.6) is 0 Å². The molecule has 4 aliphatic carbocycles. The van der Waals surface area contributed by atoms with Crippen molar-refractivity contribution in [1.82, 2.24) is 0 Å². The Hall–Kier alpha value is -0.820. The summed E-state index contributed by atoms with van der Waals surface area (Å²) >= 11 is 0. The molecule has 0 aromatic rings. The number of allylic oxidation sites excluding steroid dienone is 1. The van der Waals surface area contributed by atoms with Crippen LogP contribution in [0.4, 0.5) is 0 Å². The summed E-state index contributed by atoms with van der Waals surface area (Å²) in [5.74, 6) is 0.819. The highest BCUT2D eigenvalue weighted by atomic mass is 16.7. The summed E-state index contributed by atoms with van der Waals surface area (Å²) in [5.41, 5.74) is 1.45. The molecule has 0 aromatic carbocycles. The quantitative estimate of drug-likeness (QED) is 0.172. The summed E-state index contributed by atoms with van der Waals surface area (Å²) in [5, 5.41) is 84.0. The van der Waals surface area contributed by atoms with E-state index in [-0.39, 0.29) is 41.5 Å². The summed E-state index contributed by atoms with van der Waals surface area (Å²) in [7, 11) is 0. The lowest BCUT2D eigenvalue weighted by atomic mass is 9.47. The number of aliphatic hydroxyl groups is 8. The third kappa shape index (κ3) is 6.04. The molecule has 0 radical (unpaired) electrons. The van der Waals surface area contributed by atoms with E-state index in [1.54, 1.807) is 0 Å². The standard InChI is InChI=1S/C39H62O14/c1-17-28-25(53-39(17)27(42)11-19(14-40)16-48-39)13-24-22-6-5-20-12-21(7-9-37(20,3)23(22)8-10-38(24,28)4)50-36-33(47)31(45)34(26(15-41)51-36)52-35-32(46)30(44)29(43)18(2)49-35/h5,17-19,21-36,40-47H,6-16H2,1-4H3. The summed E-state index contributed by atoms with van der Waals surface area (Å²) in [6.45, 7) is 8.39. The Balaban J connectivity index is 0.915. The molecule has 4 saturated heterocycles. The van der Waals surface area contributed by atoms with E-state index in [4.69, 9.17) is 28.4 Å². The third-order valence-electron chi connectivity index (χ3n) is 15.7. The fourth-order valence-corrected chi connectivity index (χ4v) is 12.8. The molecule has 53 heavy (non-hydrogen) atoms. The molecule has 22 atom stereocenters. The van der Waals surface area contributed by atoms with E-state index in [2.05, 4.69) is 26.8 Å². The highest BCUT2D eigenvalue weighted by Gasteiger charge is 2.70. The summed E-state index contributed by atoms with van der Waals surface area (Å²) in [6, 6.07) is 0. The lowest BCUT2D eigenvalue weighted by molar-refractivity contribution is -0.360. The topological polar surface area (TPSA) is 217 Å². The summed E-state index contributed by atoms with van der Waals surface area (Å²) < 4.78 is 36.7. The van der Waals surface area contributed by atoms with E-state index in [0.29, 0.717) is 43.1 Å². The van der Waals surface area contributed by atoms with Gasteiger partial charge in [-0.1, -0.05) is 32.4 Å². The summed E-state index contributed by atoms with van der Waals surface area (Å²) in [4.78, 5) is 0. The number of aliphatic hydroxyl groups excluding tert-OH is 8. The van der Waals surface area contributed by atoms with Crippen LogP contribution in [0.15, 0.2) is 11.6 Å². The Morgan fingerprint density at radius 2 is 1.55 bits per heavy atom. The highest BCUT2D eigenvalue weighted by Crippen LogP contribution is 2.70. The van der Waals surface area contributed by atoms with E-state index in [1.807, 2.05) is 0 Å². The van der Waals surface area contributed by atoms with Gasteiger partial charge in [0.2, 0.25) is 0 Å². The molecule has 7 fully saturated rings. The molecule has 3 saturated carbocycles. The SMILES string of the molecule is CC1OC(OC2C(CO)OC(OC3CCC4(C)C(=CCC5C4CCC4(C)C5CC5OC6(OCC(CO)CC6O)C(C)C54)C3)C(O)C2O)C(O)C(O)C1O. The molecular weight excluding hydrogens is 692 g/mol. The molecule has 22 unspecified atom stereocenters. The van der Waals surface area contributed by atoms with Crippen LogP contribution in [0, 0.1) is 46.3 Å². The van der Waals surface area contributed by atoms with E-state index in [1.165, 1.54) is 12.5 Å². The van der Waals surface area contributed by atoms with E-state index >= 15 is 0 Å². The number of hydrogen-bond donors (Lipinski definition) is 8. The first kappa shape index (κ1) is 39.0. The van der Waals surface area contributed by atoms with Gasteiger partial charge in [0, 0.05) is 18.4 Å². The Morgan fingerprint density at radius 1 is 0.811 bits per heavy atom. The van der Waals surface area contributed by atoms with Crippen LogP contribution in [0.3, 0.4) is 0 Å². The summed E-state index contributed by atoms with van der Waals surface area (Å²) in [6.07, 6.45) is -5.15. The van der Waals surface area contributed by atoms with Crippen molar-refractivity contribution in [3.63, 3.8) is 0 Å². The van der Waals surface area contributed by atoms with Gasteiger partial charge in [0.15, 0.2) is 18.4 Å². The van der Waals surface area contributed by atoms with Crippen molar-refractivity contribution < 1.29 is 69.3 Å². The van der Waals surface area contributed by atoms with E-state index < -0.39 is 79.9 Å². The normalized spacial score (nSPS) is 58.0. The number of ether oxygens (including phenoxy) is 6. The van der Waals surface area contributed by atoms with Crippen LogP contribution in [0.1, 0.15) is 79.1 Å². The second kappa shape index (κ2) is 14.2. The van der Waals surface area contributed by atoms with Crippen molar-refractivity contribution in [2.45, 2.75) is 165 Å². The average Bonchev–Trinajstić information content (AvgIpc) is 3.60. The zero-order valence-corrected chi connectivity index (χ0v) is 31.4. The van der Waals surface area contributed by atoms with Crippen molar-refractivity contribution >= 4 is 0 Å². The molecule has 0 amide bonds. The second-order valence-electron chi connectivity index (χ2n) is 18.3. The predicted octanol–water partition coefficient (Wildman–Crippen LogP) is 0.333. The first-order chi connectivity index (χ1) is 25.2. The molecule has 4 heterocycles. The Labute approximate surface area is 311 Å². The number of rotatable bonds is 6. The molecule has 302 valence electrons. The van der Waals surface area contributed by atoms with Gasteiger partial charge in [0.25, 0.3) is 0 Å². The number of hydrogen-bond acceptors (Lipinski definition) is 14. The van der Waals surface area contributed by atoms with Crippen molar-refractivity contribution in [2.75, 3.05) is 19.8 Å². The minimum absolute atomic E-state index is 0.000897. The maximum atomic E-state index is 11.2. The van der Waals surface area contributed by atoms with Crippen molar-refractivity contribution in [3.05, 3.63) is 11.6 Å². The fraction of sp³-hybridized carbons (Fsp3) is 0.949. The van der Waals surface area contributed by atoms with Gasteiger partial charge in [-0.3, -0.25) is 0 Å². The van der Waals surface area contributed by atoms with Crippen molar-refractivity contribution in [2.24, 2.45) is 46.3 Å². The van der Waals surface area contributed by atoms with Gasteiger partial charge < -0.3 is 69.3 Å². The van der Waals surface area contributed by atoms with Gasteiger partial charge in [0.05, 0.1) is 31.5 Å². The van der Waals surface area contributed by atoms with Crippen molar-refractivity contribution in [1.29, 1.82) is 0 Å². The van der Waals surface area contributed by atoms with Gasteiger partial charge in [-0.2, -0.15) is 0 Å². The Bertz CT molecular complexity index is 1360. The van der Waals surface area contributed by atoms with Crippen LogP contribution >= 0.6 is 0 Å². The molecule has 8 aliphatic rings. The molecule has 4 aliphatic heterocycles. The van der Waals surface area contributed by atoms with Crippen LogP contribution in [0.2, 0.25) is 0 Å². The van der Waals surface area contributed by atoms with Gasteiger partial charge >= 0.3 is 0 Å². The lowest BCUT2D eigenvalue weighted by Crippen LogP contribution is -2.64. The van der Waals surface area contributed by atoms with Gasteiger partial charge in [0.1, 0.15) is 48.8 Å². The predicted molar refractivity (Wildman–Crippen MR) is 184 cm³/mol. The average molecular weight is 755 g/mol. The molecule has 0 aromatic heterocycles. The third-order valence-corrected chi connectivity index (χ3v) is 15.7. The van der Waals surface area contributed by atoms with E-state index in [9.17, 15) is 40.9 Å². The van der Waals surface area contributed by atoms with Crippen LogP contribution in [0.25, 0.3) is 0 Å². The molecule has 8 rings (SSSR count). The molecule has 14 nitrogen and oxygen atoms in total. The number of fused-ring (bicyclic) bond motifs is 7. The molecule has 0 bridgehead atoms. The fourth-order valence-electron chi connectivity index (χ4n) is 12.8. The zero-order chi connectivity index (χ0) is 37.8. The molecule has 1 spiro atoms. The van der Waals surface area contributed by atoms with Crippen LogP contribution < -0.4 is 0 Å². The smallest absolute Gasteiger partial charge is 0.197 e. The maximum Gasteiger partial charge on any atom is 0.197 e. The van der Waals surface area contributed by atoms with Gasteiger partial charge in [-0.25, -0.2) is 0 Å². The zero-order valence-electron chi connectivity index (χ0n) is 31.4. The Kier molecular flexibility index (Phi) is 10.5. The van der Waals surface area contributed by atoms with Crippen LogP contribution in [-0.2, 0) is 28.4 Å². The van der Waals surface area contributed by atoms with Gasteiger partial charge in [-0.15, -0.1) is 0 Å². The Morgan fingerprint density at radius 3 is 2.26 bits per heavy atom. The second-order valence-corrected chi connectivity index (χ2v) is 18.3. The maximum absolute atomic E-state index is 11.2. The van der Waals surface area contributed by atoms with Crippen LogP contribution in [-0.4, -0.2) is 146 Å². The minimum Gasteiger partial charge on any atom is -0.396 e. The molecule has 14 heteroatoms. The largest absolute Gasteiger partial charge is 0.396 e. The first-order valence-corrected chi connectivity index (χ1v) is 20.1. The highest BCUT2D eigenvalue weighted by molar-refractivity contribution is 5.26. The van der Waals surface area contributed by atoms with Crippen molar-refractivity contribution in [3.8, 4) is 0 Å². The van der Waals surface area contributed by atoms with Gasteiger partial charge in [-0.05, 0) is 92.8 Å². The first-order valence-electron chi connectivity index (χ1n) is 20.1.